The standard InChI is InChI=1S/C8H11NO4/c1-4-3-6(10)9(7(4)11)5(2)8(12)13/h4-5H,3H2,1-2H3,(H,12,13). The first-order chi connectivity index (χ1) is 5.95. The Morgan fingerprint density at radius 3 is 2.46 bits per heavy atom. The van der Waals surface area contributed by atoms with E-state index in [0.29, 0.717) is 0 Å². The highest BCUT2D eigenvalue weighted by Gasteiger charge is 2.40. The second-order valence-electron chi connectivity index (χ2n) is 3.22. The molecule has 1 N–H and O–H groups in total. The van der Waals surface area contributed by atoms with Gasteiger partial charge < -0.3 is 5.11 Å². The minimum atomic E-state index is -1.16. The highest BCUT2D eigenvalue weighted by atomic mass is 16.4. The molecule has 0 aliphatic carbocycles. The zero-order valence-corrected chi connectivity index (χ0v) is 7.48. The fraction of sp³-hybridized carbons (Fsp3) is 0.625. The number of carbonyl (C=O) groups excluding carboxylic acids is 2. The first-order valence-electron chi connectivity index (χ1n) is 4.04. The number of hydrogen-bond acceptors (Lipinski definition) is 3. The summed E-state index contributed by atoms with van der Waals surface area (Å²) in [6.45, 7) is 2.95. The first-order valence-corrected chi connectivity index (χ1v) is 4.04. The predicted octanol–water partition coefficient (Wildman–Crippen LogP) is -0.146. The lowest BCUT2D eigenvalue weighted by Crippen LogP contribution is -2.43. The van der Waals surface area contributed by atoms with Gasteiger partial charge in [0.15, 0.2) is 0 Å². The van der Waals surface area contributed by atoms with Crippen LogP contribution in [0, 0.1) is 5.92 Å². The molecule has 1 heterocycles. The summed E-state index contributed by atoms with van der Waals surface area (Å²) >= 11 is 0. The SMILES string of the molecule is CC1CC(=O)N(C(C)C(=O)O)C1=O. The molecule has 1 aliphatic rings. The molecule has 1 saturated heterocycles. The maximum absolute atomic E-state index is 11.3. The summed E-state index contributed by atoms with van der Waals surface area (Å²) in [5, 5.41) is 8.62. The van der Waals surface area contributed by atoms with Crippen molar-refractivity contribution in [1.29, 1.82) is 0 Å². The van der Waals surface area contributed by atoms with Crippen molar-refractivity contribution in [3.63, 3.8) is 0 Å². The van der Waals surface area contributed by atoms with Gasteiger partial charge in [-0.1, -0.05) is 6.92 Å². The molecule has 0 bridgehead atoms. The number of nitrogens with zero attached hydrogens (tertiary/aromatic N) is 1. The normalized spacial score (nSPS) is 25.1. The van der Waals surface area contributed by atoms with Crippen LogP contribution in [0.1, 0.15) is 20.3 Å². The summed E-state index contributed by atoms with van der Waals surface area (Å²) in [6.07, 6.45) is 0.121. The molecule has 0 radical (unpaired) electrons. The van der Waals surface area contributed by atoms with Gasteiger partial charge in [0.05, 0.1) is 0 Å². The van der Waals surface area contributed by atoms with Crippen molar-refractivity contribution in [2.24, 2.45) is 5.92 Å². The maximum Gasteiger partial charge on any atom is 0.326 e. The van der Waals surface area contributed by atoms with Crippen molar-refractivity contribution >= 4 is 17.8 Å². The van der Waals surface area contributed by atoms with Crippen LogP contribution in [0.25, 0.3) is 0 Å². The smallest absolute Gasteiger partial charge is 0.326 e. The number of amides is 2. The van der Waals surface area contributed by atoms with Crippen LogP contribution in [-0.2, 0) is 14.4 Å². The Morgan fingerprint density at radius 2 is 2.15 bits per heavy atom. The lowest BCUT2D eigenvalue weighted by Gasteiger charge is -2.18. The summed E-state index contributed by atoms with van der Waals surface area (Å²) in [5.41, 5.74) is 0. The molecule has 5 nitrogen and oxygen atoms in total. The second kappa shape index (κ2) is 3.16. The Balaban J connectivity index is 2.86. The van der Waals surface area contributed by atoms with Gasteiger partial charge in [-0.3, -0.25) is 14.5 Å². The van der Waals surface area contributed by atoms with E-state index in [9.17, 15) is 14.4 Å². The third kappa shape index (κ3) is 1.54. The highest BCUT2D eigenvalue weighted by molar-refractivity contribution is 6.05. The number of carbonyl (C=O) groups is 3. The van der Waals surface area contributed by atoms with Crippen LogP contribution in [0.5, 0.6) is 0 Å². The summed E-state index contributed by atoms with van der Waals surface area (Å²) in [6, 6.07) is -1.05. The molecule has 2 amide bonds. The van der Waals surface area contributed by atoms with E-state index in [1.807, 2.05) is 0 Å². The Morgan fingerprint density at radius 1 is 1.62 bits per heavy atom. The van der Waals surface area contributed by atoms with Crippen molar-refractivity contribution in [3.05, 3.63) is 0 Å². The van der Waals surface area contributed by atoms with Crippen molar-refractivity contribution in [3.8, 4) is 0 Å². The van der Waals surface area contributed by atoms with E-state index in [1.54, 1.807) is 6.92 Å². The number of imide groups is 1. The van der Waals surface area contributed by atoms with Crippen molar-refractivity contribution in [2.45, 2.75) is 26.3 Å². The molecule has 0 aromatic rings. The van der Waals surface area contributed by atoms with Gasteiger partial charge in [-0.2, -0.15) is 0 Å². The summed E-state index contributed by atoms with van der Waals surface area (Å²) in [5.74, 6) is -2.32. The van der Waals surface area contributed by atoms with Gasteiger partial charge in [0.25, 0.3) is 0 Å². The largest absolute Gasteiger partial charge is 0.480 e. The number of likely N-dealkylation sites (tertiary alicyclic amines) is 1. The molecule has 13 heavy (non-hydrogen) atoms. The van der Waals surface area contributed by atoms with Gasteiger partial charge in [-0.25, -0.2) is 4.79 Å². The Kier molecular flexibility index (Phi) is 2.36. The minimum absolute atomic E-state index is 0.121. The van der Waals surface area contributed by atoms with Gasteiger partial charge in [0.1, 0.15) is 6.04 Å². The third-order valence-corrected chi connectivity index (χ3v) is 2.15. The fourth-order valence-electron chi connectivity index (χ4n) is 1.33. The van der Waals surface area contributed by atoms with E-state index in [4.69, 9.17) is 5.11 Å². The molecule has 0 aromatic heterocycles. The molecular formula is C8H11NO4. The van der Waals surface area contributed by atoms with E-state index in [-0.39, 0.29) is 18.2 Å². The molecular weight excluding hydrogens is 174 g/mol. The molecule has 0 aromatic carbocycles. The van der Waals surface area contributed by atoms with E-state index in [1.165, 1.54) is 6.92 Å². The number of carboxylic acids is 1. The van der Waals surface area contributed by atoms with Crippen LogP contribution in [0.15, 0.2) is 0 Å². The number of carboxylic acid groups (broad SMARTS) is 1. The molecule has 2 unspecified atom stereocenters. The Hall–Kier alpha value is -1.39. The van der Waals surface area contributed by atoms with Crippen molar-refractivity contribution in [2.75, 3.05) is 0 Å². The third-order valence-electron chi connectivity index (χ3n) is 2.15. The average molecular weight is 185 g/mol. The Labute approximate surface area is 75.3 Å². The Bertz CT molecular complexity index is 273. The highest BCUT2D eigenvalue weighted by Crippen LogP contribution is 2.20. The van der Waals surface area contributed by atoms with Crippen LogP contribution < -0.4 is 0 Å². The van der Waals surface area contributed by atoms with E-state index in [2.05, 4.69) is 0 Å². The molecule has 1 fully saturated rings. The van der Waals surface area contributed by atoms with E-state index < -0.39 is 17.9 Å². The zero-order chi connectivity index (χ0) is 10.2. The second-order valence-corrected chi connectivity index (χ2v) is 3.22. The summed E-state index contributed by atoms with van der Waals surface area (Å²) < 4.78 is 0. The van der Waals surface area contributed by atoms with Crippen molar-refractivity contribution < 1.29 is 19.5 Å². The van der Waals surface area contributed by atoms with Crippen LogP contribution in [-0.4, -0.2) is 33.8 Å². The van der Waals surface area contributed by atoms with Crippen LogP contribution in [0.3, 0.4) is 0 Å². The quantitative estimate of drug-likeness (QED) is 0.607. The molecule has 1 rings (SSSR count). The molecule has 1 aliphatic heterocycles. The van der Waals surface area contributed by atoms with Crippen LogP contribution >= 0.6 is 0 Å². The first kappa shape index (κ1) is 9.70. The molecule has 0 spiro atoms. The number of aliphatic carboxylic acids is 1. The molecule has 72 valence electrons. The van der Waals surface area contributed by atoms with Gasteiger partial charge in [-0.15, -0.1) is 0 Å². The van der Waals surface area contributed by atoms with Crippen LogP contribution in [0.4, 0.5) is 0 Å². The zero-order valence-electron chi connectivity index (χ0n) is 7.48. The maximum atomic E-state index is 11.3. The number of rotatable bonds is 2. The minimum Gasteiger partial charge on any atom is -0.480 e. The van der Waals surface area contributed by atoms with Crippen molar-refractivity contribution in [1.82, 2.24) is 4.90 Å². The lowest BCUT2D eigenvalue weighted by molar-refractivity contribution is -0.153. The van der Waals surface area contributed by atoms with Gasteiger partial charge in [0, 0.05) is 12.3 Å². The summed E-state index contributed by atoms with van der Waals surface area (Å²) in [4.78, 5) is 33.9. The topological polar surface area (TPSA) is 74.7 Å². The molecule has 2 atom stereocenters. The van der Waals surface area contributed by atoms with Gasteiger partial charge in [0.2, 0.25) is 11.8 Å². The number of hydrogen-bond donors (Lipinski definition) is 1. The average Bonchev–Trinajstić information content (AvgIpc) is 2.26. The monoisotopic (exact) mass is 185 g/mol. The van der Waals surface area contributed by atoms with Gasteiger partial charge >= 0.3 is 5.97 Å². The fourth-order valence-corrected chi connectivity index (χ4v) is 1.33. The predicted molar refractivity (Wildman–Crippen MR) is 42.7 cm³/mol. The van der Waals surface area contributed by atoms with Crippen LogP contribution in [0.2, 0.25) is 0 Å². The van der Waals surface area contributed by atoms with E-state index in [0.717, 1.165) is 4.90 Å². The van der Waals surface area contributed by atoms with E-state index >= 15 is 0 Å². The molecule has 5 heteroatoms. The summed E-state index contributed by atoms with van der Waals surface area (Å²) in [7, 11) is 0. The molecule has 0 saturated carbocycles. The lowest BCUT2D eigenvalue weighted by atomic mass is 10.1. The van der Waals surface area contributed by atoms with Gasteiger partial charge in [-0.05, 0) is 6.92 Å².